The number of hydrogen-bond acceptors (Lipinski definition) is 3. The van der Waals surface area contributed by atoms with Crippen molar-refractivity contribution in [1.29, 1.82) is 0 Å². The average molecular weight is 235 g/mol. The second-order valence-corrected chi connectivity index (χ2v) is 5.10. The molecule has 3 nitrogen and oxygen atoms in total. The normalized spacial score (nSPS) is 17.2. The van der Waals surface area contributed by atoms with Crippen LogP contribution < -0.4 is 10.1 Å². The van der Waals surface area contributed by atoms with Gasteiger partial charge in [0.1, 0.15) is 5.75 Å². The van der Waals surface area contributed by atoms with Crippen LogP contribution in [-0.2, 0) is 6.54 Å². The molecule has 1 aromatic carbocycles. The lowest BCUT2D eigenvalue weighted by atomic mass is 10.2. The molecule has 1 fully saturated rings. The third kappa shape index (κ3) is 3.45. The van der Waals surface area contributed by atoms with Gasteiger partial charge in [-0.1, -0.05) is 12.1 Å². The zero-order valence-electron chi connectivity index (χ0n) is 10.6. The summed E-state index contributed by atoms with van der Waals surface area (Å²) in [4.78, 5) is 0. The van der Waals surface area contributed by atoms with E-state index >= 15 is 0 Å². The molecule has 3 heteroatoms. The maximum atomic E-state index is 9.20. The van der Waals surface area contributed by atoms with E-state index in [-0.39, 0.29) is 18.2 Å². The van der Waals surface area contributed by atoms with E-state index in [0.29, 0.717) is 0 Å². The highest BCUT2D eigenvalue weighted by molar-refractivity contribution is 5.27. The van der Waals surface area contributed by atoms with Gasteiger partial charge in [-0.15, -0.1) is 0 Å². The minimum atomic E-state index is 0.00705. The van der Waals surface area contributed by atoms with Crippen molar-refractivity contribution in [2.75, 3.05) is 6.61 Å². The fraction of sp³-hybridized carbons (Fsp3) is 0.571. The van der Waals surface area contributed by atoms with Crippen LogP contribution in [-0.4, -0.2) is 23.4 Å². The predicted octanol–water partition coefficient (Wildman–Crippen LogP) is 2.09. The third-order valence-electron chi connectivity index (χ3n) is 3.12. The molecule has 0 heterocycles. The van der Waals surface area contributed by atoms with Gasteiger partial charge in [-0.05, 0) is 44.4 Å². The molecule has 2 rings (SSSR count). The molecule has 0 radical (unpaired) electrons. The lowest BCUT2D eigenvalue weighted by Crippen LogP contribution is -2.34. The Morgan fingerprint density at radius 1 is 1.29 bits per heavy atom. The summed E-state index contributed by atoms with van der Waals surface area (Å²) < 4.78 is 5.59. The molecular formula is C14H21NO2. The maximum absolute atomic E-state index is 9.20. The monoisotopic (exact) mass is 235 g/mol. The second kappa shape index (κ2) is 5.07. The zero-order valence-corrected chi connectivity index (χ0v) is 10.6. The largest absolute Gasteiger partial charge is 0.491 e. The van der Waals surface area contributed by atoms with Crippen molar-refractivity contribution in [2.45, 2.75) is 44.9 Å². The SMILES string of the molecule is CC(C)Oc1ccc(CNC2(CO)CC2)cc1. The summed E-state index contributed by atoms with van der Waals surface area (Å²) in [5.74, 6) is 0.909. The average Bonchev–Trinajstić information content (AvgIpc) is 3.08. The first-order valence-electron chi connectivity index (χ1n) is 6.25. The molecule has 0 unspecified atom stereocenters. The van der Waals surface area contributed by atoms with Crippen LogP contribution in [0.25, 0.3) is 0 Å². The quantitative estimate of drug-likeness (QED) is 0.793. The van der Waals surface area contributed by atoms with Crippen molar-refractivity contribution in [3.8, 4) is 5.75 Å². The molecule has 2 N–H and O–H groups in total. The van der Waals surface area contributed by atoms with Crippen molar-refractivity contribution in [3.05, 3.63) is 29.8 Å². The molecule has 0 aliphatic heterocycles. The molecule has 1 aliphatic carbocycles. The maximum Gasteiger partial charge on any atom is 0.119 e. The summed E-state index contributed by atoms with van der Waals surface area (Å²) in [5, 5.41) is 12.6. The highest BCUT2D eigenvalue weighted by Gasteiger charge is 2.41. The molecule has 0 saturated heterocycles. The highest BCUT2D eigenvalue weighted by atomic mass is 16.5. The minimum Gasteiger partial charge on any atom is -0.491 e. The summed E-state index contributed by atoms with van der Waals surface area (Å²) in [6.45, 7) is 5.09. The van der Waals surface area contributed by atoms with Crippen LogP contribution in [0.1, 0.15) is 32.3 Å². The minimum absolute atomic E-state index is 0.00705. The Morgan fingerprint density at radius 2 is 1.94 bits per heavy atom. The van der Waals surface area contributed by atoms with Crippen LogP contribution >= 0.6 is 0 Å². The van der Waals surface area contributed by atoms with Gasteiger partial charge in [-0.25, -0.2) is 0 Å². The first kappa shape index (κ1) is 12.4. The molecule has 0 atom stereocenters. The van der Waals surface area contributed by atoms with E-state index in [0.717, 1.165) is 25.1 Å². The van der Waals surface area contributed by atoms with Crippen molar-refractivity contribution in [2.24, 2.45) is 0 Å². The summed E-state index contributed by atoms with van der Waals surface area (Å²) in [7, 11) is 0. The third-order valence-corrected chi connectivity index (χ3v) is 3.12. The van der Waals surface area contributed by atoms with Crippen LogP contribution in [0.4, 0.5) is 0 Å². The van der Waals surface area contributed by atoms with Crippen LogP contribution in [0.3, 0.4) is 0 Å². The van der Waals surface area contributed by atoms with Gasteiger partial charge in [0.25, 0.3) is 0 Å². The van der Waals surface area contributed by atoms with Gasteiger partial charge < -0.3 is 15.2 Å². The van der Waals surface area contributed by atoms with E-state index in [1.807, 2.05) is 26.0 Å². The van der Waals surface area contributed by atoms with Crippen LogP contribution in [0.2, 0.25) is 0 Å². The standard InChI is InChI=1S/C14H21NO2/c1-11(2)17-13-5-3-12(4-6-13)9-15-14(10-16)7-8-14/h3-6,11,15-16H,7-10H2,1-2H3. The molecule has 1 aliphatic rings. The molecule has 0 spiro atoms. The number of benzene rings is 1. The number of aliphatic hydroxyl groups excluding tert-OH is 1. The molecule has 0 aromatic heterocycles. The molecular weight excluding hydrogens is 214 g/mol. The lowest BCUT2D eigenvalue weighted by Gasteiger charge is -2.14. The molecule has 0 bridgehead atoms. The van der Waals surface area contributed by atoms with E-state index in [9.17, 15) is 5.11 Å². The fourth-order valence-corrected chi connectivity index (χ4v) is 1.79. The van der Waals surface area contributed by atoms with Crippen molar-refractivity contribution in [1.82, 2.24) is 5.32 Å². The molecule has 94 valence electrons. The topological polar surface area (TPSA) is 41.5 Å². The Morgan fingerprint density at radius 3 is 2.41 bits per heavy atom. The number of nitrogens with one attached hydrogen (secondary N) is 1. The Labute approximate surface area is 103 Å². The van der Waals surface area contributed by atoms with Crippen LogP contribution in [0.5, 0.6) is 5.75 Å². The first-order valence-corrected chi connectivity index (χ1v) is 6.25. The first-order chi connectivity index (χ1) is 8.13. The summed E-state index contributed by atoms with van der Waals surface area (Å²) in [5.41, 5.74) is 1.23. The summed E-state index contributed by atoms with van der Waals surface area (Å²) >= 11 is 0. The van der Waals surface area contributed by atoms with E-state index in [2.05, 4.69) is 17.4 Å². The molecule has 0 amide bonds. The number of hydrogen-bond donors (Lipinski definition) is 2. The predicted molar refractivity (Wildman–Crippen MR) is 68.1 cm³/mol. The summed E-state index contributed by atoms with van der Waals surface area (Å²) in [6.07, 6.45) is 2.37. The zero-order chi connectivity index (χ0) is 12.3. The van der Waals surface area contributed by atoms with Crippen molar-refractivity contribution < 1.29 is 9.84 Å². The van der Waals surface area contributed by atoms with Crippen LogP contribution in [0.15, 0.2) is 24.3 Å². The Balaban J connectivity index is 1.85. The van der Waals surface area contributed by atoms with Gasteiger partial charge in [-0.3, -0.25) is 0 Å². The van der Waals surface area contributed by atoms with Gasteiger partial charge in [0.05, 0.1) is 12.7 Å². The number of rotatable bonds is 6. The van der Waals surface area contributed by atoms with Gasteiger partial charge in [0.2, 0.25) is 0 Å². The van der Waals surface area contributed by atoms with Gasteiger partial charge in [-0.2, -0.15) is 0 Å². The van der Waals surface area contributed by atoms with E-state index in [4.69, 9.17) is 4.74 Å². The molecule has 1 saturated carbocycles. The van der Waals surface area contributed by atoms with E-state index in [1.165, 1.54) is 5.56 Å². The van der Waals surface area contributed by atoms with Gasteiger partial charge in [0, 0.05) is 12.1 Å². The van der Waals surface area contributed by atoms with Crippen molar-refractivity contribution >= 4 is 0 Å². The van der Waals surface area contributed by atoms with Gasteiger partial charge >= 0.3 is 0 Å². The fourth-order valence-electron chi connectivity index (χ4n) is 1.79. The van der Waals surface area contributed by atoms with E-state index < -0.39 is 0 Å². The Bertz CT molecular complexity index is 355. The smallest absolute Gasteiger partial charge is 0.119 e. The molecule has 17 heavy (non-hydrogen) atoms. The second-order valence-electron chi connectivity index (χ2n) is 5.10. The Hall–Kier alpha value is -1.06. The number of ether oxygens (including phenoxy) is 1. The summed E-state index contributed by atoms with van der Waals surface area (Å²) in [6, 6.07) is 8.13. The van der Waals surface area contributed by atoms with Crippen molar-refractivity contribution in [3.63, 3.8) is 0 Å². The highest BCUT2D eigenvalue weighted by Crippen LogP contribution is 2.34. The Kier molecular flexibility index (Phi) is 3.69. The number of aliphatic hydroxyl groups is 1. The van der Waals surface area contributed by atoms with E-state index in [1.54, 1.807) is 0 Å². The van der Waals surface area contributed by atoms with Crippen LogP contribution in [0, 0.1) is 0 Å². The molecule has 1 aromatic rings. The lowest BCUT2D eigenvalue weighted by molar-refractivity contribution is 0.229. The van der Waals surface area contributed by atoms with Gasteiger partial charge in [0.15, 0.2) is 0 Å².